The molecular weight excluding hydrogens is 248 g/mol. The molecule has 1 aliphatic heterocycles. The standard InChI is InChI=1S/C15H21F2NO/c1-2-8-18-14(15-7-4-9-19-15)10-11-12(16)5-3-6-13(11)17/h3,5-6,14-15,18H,2,4,7-10H2,1H3. The van der Waals surface area contributed by atoms with Crippen LogP contribution in [0.2, 0.25) is 0 Å². The second-order valence-electron chi connectivity index (χ2n) is 5.02. The van der Waals surface area contributed by atoms with Crippen molar-refractivity contribution in [1.82, 2.24) is 5.32 Å². The van der Waals surface area contributed by atoms with Gasteiger partial charge in [-0.05, 0) is 44.4 Å². The molecule has 0 radical (unpaired) electrons. The van der Waals surface area contributed by atoms with E-state index in [1.807, 2.05) is 0 Å². The van der Waals surface area contributed by atoms with Crippen LogP contribution in [-0.4, -0.2) is 25.3 Å². The number of hydrogen-bond acceptors (Lipinski definition) is 2. The maximum Gasteiger partial charge on any atom is 0.129 e. The van der Waals surface area contributed by atoms with Gasteiger partial charge in [-0.2, -0.15) is 0 Å². The van der Waals surface area contributed by atoms with Crippen molar-refractivity contribution in [3.8, 4) is 0 Å². The Balaban J connectivity index is 2.10. The number of hydrogen-bond donors (Lipinski definition) is 1. The topological polar surface area (TPSA) is 21.3 Å². The largest absolute Gasteiger partial charge is 0.377 e. The van der Waals surface area contributed by atoms with Crippen molar-refractivity contribution in [2.75, 3.05) is 13.2 Å². The minimum atomic E-state index is -0.471. The highest BCUT2D eigenvalue weighted by molar-refractivity contribution is 5.21. The van der Waals surface area contributed by atoms with E-state index in [0.717, 1.165) is 32.4 Å². The summed E-state index contributed by atoms with van der Waals surface area (Å²) in [7, 11) is 0. The molecule has 0 spiro atoms. The molecule has 106 valence electrons. The Kier molecular flexibility index (Phi) is 5.28. The van der Waals surface area contributed by atoms with E-state index >= 15 is 0 Å². The van der Waals surface area contributed by atoms with Gasteiger partial charge >= 0.3 is 0 Å². The maximum absolute atomic E-state index is 13.7. The lowest BCUT2D eigenvalue weighted by Gasteiger charge is -2.24. The molecule has 2 rings (SSSR count). The first-order valence-corrected chi connectivity index (χ1v) is 7.00. The summed E-state index contributed by atoms with van der Waals surface area (Å²) in [4.78, 5) is 0. The molecule has 1 aliphatic rings. The molecule has 1 aromatic rings. The minimum Gasteiger partial charge on any atom is -0.377 e. The Morgan fingerprint density at radius 2 is 2.11 bits per heavy atom. The van der Waals surface area contributed by atoms with Crippen LogP contribution in [0.4, 0.5) is 8.78 Å². The number of nitrogens with one attached hydrogen (secondary N) is 1. The molecule has 0 bridgehead atoms. The fourth-order valence-electron chi connectivity index (χ4n) is 2.53. The molecule has 1 aromatic carbocycles. The van der Waals surface area contributed by atoms with Crippen molar-refractivity contribution >= 4 is 0 Å². The fourth-order valence-corrected chi connectivity index (χ4v) is 2.53. The second-order valence-corrected chi connectivity index (χ2v) is 5.02. The zero-order chi connectivity index (χ0) is 13.7. The summed E-state index contributed by atoms with van der Waals surface area (Å²) in [6.07, 6.45) is 3.36. The van der Waals surface area contributed by atoms with E-state index in [9.17, 15) is 8.78 Å². The number of halogens is 2. The molecule has 19 heavy (non-hydrogen) atoms. The molecule has 0 saturated carbocycles. The average Bonchev–Trinajstić information content (AvgIpc) is 2.91. The van der Waals surface area contributed by atoms with Gasteiger partial charge in [0.25, 0.3) is 0 Å². The molecular formula is C15H21F2NO. The Labute approximate surface area is 113 Å². The highest BCUT2D eigenvalue weighted by atomic mass is 19.1. The van der Waals surface area contributed by atoms with Gasteiger partial charge in [-0.25, -0.2) is 8.78 Å². The predicted molar refractivity (Wildman–Crippen MR) is 71.1 cm³/mol. The van der Waals surface area contributed by atoms with Gasteiger partial charge in [0, 0.05) is 18.2 Å². The fraction of sp³-hybridized carbons (Fsp3) is 0.600. The number of rotatable bonds is 6. The molecule has 2 nitrogen and oxygen atoms in total. The lowest BCUT2D eigenvalue weighted by Crippen LogP contribution is -2.42. The number of ether oxygens (including phenoxy) is 1. The first kappa shape index (κ1) is 14.4. The second kappa shape index (κ2) is 6.96. The first-order valence-electron chi connectivity index (χ1n) is 7.00. The van der Waals surface area contributed by atoms with Crippen LogP contribution in [0.1, 0.15) is 31.7 Å². The van der Waals surface area contributed by atoms with Gasteiger partial charge in [0.05, 0.1) is 6.10 Å². The van der Waals surface area contributed by atoms with Crippen LogP contribution in [0, 0.1) is 11.6 Å². The van der Waals surface area contributed by atoms with Crippen LogP contribution in [0.25, 0.3) is 0 Å². The molecule has 1 heterocycles. The summed E-state index contributed by atoms with van der Waals surface area (Å²) in [5.74, 6) is -0.942. The van der Waals surface area contributed by atoms with E-state index in [1.54, 1.807) is 0 Å². The molecule has 2 atom stereocenters. The lowest BCUT2D eigenvalue weighted by atomic mass is 9.98. The summed E-state index contributed by atoms with van der Waals surface area (Å²) in [6, 6.07) is 4.00. The van der Waals surface area contributed by atoms with Gasteiger partial charge in [0.1, 0.15) is 11.6 Å². The van der Waals surface area contributed by atoms with Crippen LogP contribution in [0.15, 0.2) is 18.2 Å². The van der Waals surface area contributed by atoms with Gasteiger partial charge in [0.2, 0.25) is 0 Å². The predicted octanol–water partition coefficient (Wildman–Crippen LogP) is 3.05. The quantitative estimate of drug-likeness (QED) is 0.857. The van der Waals surface area contributed by atoms with Crippen LogP contribution >= 0.6 is 0 Å². The van der Waals surface area contributed by atoms with E-state index in [1.165, 1.54) is 18.2 Å². The van der Waals surface area contributed by atoms with Gasteiger partial charge in [0.15, 0.2) is 0 Å². The first-order chi connectivity index (χ1) is 9.22. The van der Waals surface area contributed by atoms with E-state index < -0.39 is 11.6 Å². The summed E-state index contributed by atoms with van der Waals surface area (Å²) in [6.45, 7) is 3.65. The van der Waals surface area contributed by atoms with Gasteiger partial charge in [-0.15, -0.1) is 0 Å². The van der Waals surface area contributed by atoms with Crippen molar-refractivity contribution < 1.29 is 13.5 Å². The van der Waals surface area contributed by atoms with Crippen molar-refractivity contribution in [3.05, 3.63) is 35.4 Å². The normalized spacial score (nSPS) is 20.7. The number of benzene rings is 1. The van der Waals surface area contributed by atoms with Crippen molar-refractivity contribution in [2.24, 2.45) is 0 Å². The molecule has 1 fully saturated rings. The average molecular weight is 269 g/mol. The van der Waals surface area contributed by atoms with Crippen molar-refractivity contribution in [3.63, 3.8) is 0 Å². The van der Waals surface area contributed by atoms with Crippen LogP contribution in [-0.2, 0) is 11.2 Å². The zero-order valence-electron chi connectivity index (χ0n) is 11.3. The molecule has 0 aromatic heterocycles. The van der Waals surface area contributed by atoms with Gasteiger partial charge < -0.3 is 10.1 Å². The Morgan fingerprint density at radius 3 is 2.68 bits per heavy atom. The van der Waals surface area contributed by atoms with E-state index in [2.05, 4.69) is 12.2 Å². The third-order valence-electron chi connectivity index (χ3n) is 3.56. The molecule has 1 saturated heterocycles. The van der Waals surface area contributed by atoms with E-state index in [4.69, 9.17) is 4.74 Å². The van der Waals surface area contributed by atoms with E-state index in [-0.39, 0.29) is 17.7 Å². The Bertz CT molecular complexity index is 385. The van der Waals surface area contributed by atoms with Crippen LogP contribution in [0.3, 0.4) is 0 Å². The summed E-state index contributed by atoms with van der Waals surface area (Å²) in [5, 5.41) is 3.36. The highest BCUT2D eigenvalue weighted by Crippen LogP contribution is 2.21. The van der Waals surface area contributed by atoms with Crippen molar-refractivity contribution in [2.45, 2.75) is 44.8 Å². The molecule has 0 amide bonds. The molecule has 2 unspecified atom stereocenters. The summed E-state index contributed by atoms with van der Waals surface area (Å²) < 4.78 is 33.1. The van der Waals surface area contributed by atoms with E-state index in [0.29, 0.717) is 6.42 Å². The summed E-state index contributed by atoms with van der Waals surface area (Å²) in [5.41, 5.74) is 0.159. The van der Waals surface area contributed by atoms with Gasteiger partial charge in [-0.1, -0.05) is 13.0 Å². The summed E-state index contributed by atoms with van der Waals surface area (Å²) >= 11 is 0. The van der Waals surface area contributed by atoms with Crippen LogP contribution < -0.4 is 5.32 Å². The molecule has 4 heteroatoms. The molecule has 0 aliphatic carbocycles. The van der Waals surface area contributed by atoms with Crippen molar-refractivity contribution in [1.29, 1.82) is 0 Å². The Morgan fingerprint density at radius 1 is 1.37 bits per heavy atom. The van der Waals surface area contributed by atoms with Crippen LogP contribution in [0.5, 0.6) is 0 Å². The Hall–Kier alpha value is -1.00. The van der Waals surface area contributed by atoms with Gasteiger partial charge in [-0.3, -0.25) is 0 Å². The monoisotopic (exact) mass is 269 g/mol. The third kappa shape index (κ3) is 3.74. The zero-order valence-corrected chi connectivity index (χ0v) is 11.3. The molecule has 1 N–H and O–H groups in total. The lowest BCUT2D eigenvalue weighted by molar-refractivity contribution is 0.0779. The smallest absolute Gasteiger partial charge is 0.129 e. The SMILES string of the molecule is CCCNC(Cc1c(F)cccc1F)C1CCCO1. The highest BCUT2D eigenvalue weighted by Gasteiger charge is 2.27. The third-order valence-corrected chi connectivity index (χ3v) is 3.56. The minimum absolute atomic E-state index is 0.0196. The maximum atomic E-state index is 13.7.